The summed E-state index contributed by atoms with van der Waals surface area (Å²) in [7, 11) is 0. The minimum atomic E-state index is -4.42. The standard InChI is InChI=1S/C18H20F3N3O2/c1-2-24(15-6-4-3-5-7-15)12-16(25)23-11-14-8-9-22-17(10-14)26-13-18(19,20)21/h3-10H,2,11-13H2,1H3,(H,23,25). The van der Waals surface area contributed by atoms with E-state index in [1.165, 1.54) is 12.3 Å². The highest BCUT2D eigenvalue weighted by molar-refractivity contribution is 5.81. The molecule has 140 valence electrons. The van der Waals surface area contributed by atoms with Gasteiger partial charge in [-0.25, -0.2) is 4.98 Å². The maximum atomic E-state index is 12.2. The molecule has 0 bridgehead atoms. The molecular formula is C18H20F3N3O2. The fourth-order valence-corrected chi connectivity index (χ4v) is 2.25. The van der Waals surface area contributed by atoms with Gasteiger partial charge in [-0.2, -0.15) is 13.2 Å². The highest BCUT2D eigenvalue weighted by Gasteiger charge is 2.28. The first-order chi connectivity index (χ1) is 12.4. The van der Waals surface area contributed by atoms with Crippen molar-refractivity contribution >= 4 is 11.6 Å². The van der Waals surface area contributed by atoms with Gasteiger partial charge in [0, 0.05) is 31.0 Å². The Kier molecular flexibility index (Phi) is 6.82. The monoisotopic (exact) mass is 367 g/mol. The van der Waals surface area contributed by atoms with Crippen LogP contribution in [0.2, 0.25) is 0 Å². The lowest BCUT2D eigenvalue weighted by Crippen LogP contribution is -2.36. The number of pyridine rings is 1. The van der Waals surface area contributed by atoms with Crippen molar-refractivity contribution in [2.24, 2.45) is 0 Å². The Labute approximate surface area is 149 Å². The second-order valence-corrected chi connectivity index (χ2v) is 5.53. The van der Waals surface area contributed by atoms with Gasteiger partial charge in [0.15, 0.2) is 6.61 Å². The molecule has 0 aliphatic carbocycles. The van der Waals surface area contributed by atoms with Gasteiger partial charge in [-0.15, -0.1) is 0 Å². The summed E-state index contributed by atoms with van der Waals surface area (Å²) in [4.78, 5) is 17.8. The van der Waals surface area contributed by atoms with Crippen molar-refractivity contribution in [1.82, 2.24) is 10.3 Å². The normalized spacial score (nSPS) is 11.1. The first kappa shape index (κ1) is 19.6. The van der Waals surface area contributed by atoms with E-state index in [0.29, 0.717) is 12.1 Å². The number of carbonyl (C=O) groups is 1. The molecule has 0 fully saturated rings. The number of rotatable bonds is 8. The van der Waals surface area contributed by atoms with Gasteiger partial charge in [-0.3, -0.25) is 4.79 Å². The van der Waals surface area contributed by atoms with Crippen molar-refractivity contribution in [2.45, 2.75) is 19.6 Å². The third-order valence-electron chi connectivity index (χ3n) is 3.51. The maximum absolute atomic E-state index is 12.2. The Morgan fingerprint density at radius 1 is 1.23 bits per heavy atom. The summed E-state index contributed by atoms with van der Waals surface area (Å²) in [6.45, 7) is 1.58. The summed E-state index contributed by atoms with van der Waals surface area (Å²) in [5.74, 6) is -0.321. The molecule has 2 rings (SSSR count). The number of aromatic nitrogens is 1. The predicted molar refractivity (Wildman–Crippen MR) is 92.0 cm³/mol. The Hall–Kier alpha value is -2.77. The number of nitrogens with one attached hydrogen (secondary N) is 1. The molecule has 26 heavy (non-hydrogen) atoms. The molecule has 0 unspecified atom stereocenters. The number of hydrogen-bond donors (Lipinski definition) is 1. The Morgan fingerprint density at radius 3 is 2.62 bits per heavy atom. The summed E-state index contributed by atoms with van der Waals surface area (Å²) in [6.07, 6.45) is -3.08. The van der Waals surface area contributed by atoms with E-state index >= 15 is 0 Å². The number of halogens is 3. The molecule has 1 heterocycles. The molecule has 0 spiro atoms. The van der Waals surface area contributed by atoms with Crippen LogP contribution in [0, 0.1) is 0 Å². The largest absolute Gasteiger partial charge is 0.468 e. The Bertz CT molecular complexity index is 708. The quantitative estimate of drug-likeness (QED) is 0.779. The molecule has 0 saturated carbocycles. The topological polar surface area (TPSA) is 54.5 Å². The van der Waals surface area contributed by atoms with Crippen molar-refractivity contribution in [2.75, 3.05) is 24.6 Å². The molecule has 0 atom stereocenters. The van der Waals surface area contributed by atoms with Gasteiger partial charge in [0.1, 0.15) is 0 Å². The van der Waals surface area contributed by atoms with Crippen LogP contribution >= 0.6 is 0 Å². The van der Waals surface area contributed by atoms with Crippen molar-refractivity contribution in [3.8, 4) is 5.88 Å². The van der Waals surface area contributed by atoms with E-state index in [9.17, 15) is 18.0 Å². The third kappa shape index (κ3) is 6.62. The van der Waals surface area contributed by atoms with Gasteiger partial charge in [0.05, 0.1) is 6.54 Å². The number of anilines is 1. The number of alkyl halides is 3. The van der Waals surface area contributed by atoms with Crippen molar-refractivity contribution in [1.29, 1.82) is 0 Å². The minimum Gasteiger partial charge on any atom is -0.468 e. The van der Waals surface area contributed by atoms with Crippen LogP contribution in [0.15, 0.2) is 48.7 Å². The average molecular weight is 367 g/mol. The zero-order valence-corrected chi connectivity index (χ0v) is 14.3. The minimum absolute atomic E-state index is 0.131. The lowest BCUT2D eigenvalue weighted by Gasteiger charge is -2.22. The van der Waals surface area contributed by atoms with E-state index in [4.69, 9.17) is 0 Å². The number of hydrogen-bond acceptors (Lipinski definition) is 4. The molecule has 0 aliphatic rings. The summed E-state index contributed by atoms with van der Waals surface area (Å²) in [5, 5.41) is 2.75. The Balaban J connectivity index is 1.87. The van der Waals surface area contributed by atoms with Crippen LogP contribution in [0.1, 0.15) is 12.5 Å². The zero-order chi connectivity index (χ0) is 19.0. The van der Waals surface area contributed by atoms with Gasteiger partial charge >= 0.3 is 6.18 Å². The SMILES string of the molecule is CCN(CC(=O)NCc1ccnc(OCC(F)(F)F)c1)c1ccccc1. The summed E-state index contributed by atoms with van der Waals surface area (Å²) in [6, 6.07) is 12.5. The molecule has 1 N–H and O–H groups in total. The zero-order valence-electron chi connectivity index (χ0n) is 14.3. The van der Waals surface area contributed by atoms with Gasteiger partial charge < -0.3 is 15.0 Å². The summed E-state index contributed by atoms with van der Waals surface area (Å²) >= 11 is 0. The number of ether oxygens (including phenoxy) is 1. The van der Waals surface area contributed by atoms with Crippen LogP contribution in [0.25, 0.3) is 0 Å². The summed E-state index contributed by atoms with van der Waals surface area (Å²) < 4.78 is 41.1. The summed E-state index contributed by atoms with van der Waals surface area (Å²) in [5.41, 5.74) is 1.55. The van der Waals surface area contributed by atoms with E-state index in [0.717, 1.165) is 5.69 Å². The molecule has 2 aromatic rings. The molecule has 1 aromatic heterocycles. The maximum Gasteiger partial charge on any atom is 0.422 e. The van der Waals surface area contributed by atoms with E-state index in [1.54, 1.807) is 6.07 Å². The van der Waals surface area contributed by atoms with Gasteiger partial charge in [0.25, 0.3) is 0 Å². The van der Waals surface area contributed by atoms with E-state index < -0.39 is 12.8 Å². The number of nitrogens with zero attached hydrogens (tertiary/aromatic N) is 2. The highest BCUT2D eigenvalue weighted by Crippen LogP contribution is 2.17. The van der Waals surface area contributed by atoms with Crippen LogP contribution in [0.4, 0.5) is 18.9 Å². The third-order valence-corrected chi connectivity index (χ3v) is 3.51. The smallest absolute Gasteiger partial charge is 0.422 e. The second-order valence-electron chi connectivity index (χ2n) is 5.53. The van der Waals surface area contributed by atoms with Crippen molar-refractivity contribution < 1.29 is 22.7 Å². The van der Waals surface area contributed by atoms with Gasteiger partial charge in [-0.1, -0.05) is 18.2 Å². The molecule has 5 nitrogen and oxygen atoms in total. The van der Waals surface area contributed by atoms with Crippen LogP contribution in [0.5, 0.6) is 5.88 Å². The van der Waals surface area contributed by atoms with E-state index in [2.05, 4.69) is 15.0 Å². The highest BCUT2D eigenvalue weighted by atomic mass is 19.4. The second kappa shape index (κ2) is 9.07. The fourth-order valence-electron chi connectivity index (χ4n) is 2.25. The van der Waals surface area contributed by atoms with Crippen LogP contribution in [-0.4, -0.2) is 36.8 Å². The van der Waals surface area contributed by atoms with Crippen LogP contribution in [0.3, 0.4) is 0 Å². The Morgan fingerprint density at radius 2 is 1.96 bits per heavy atom. The molecule has 1 aromatic carbocycles. The predicted octanol–water partition coefficient (Wildman–Crippen LogP) is 3.17. The van der Waals surface area contributed by atoms with E-state index in [-0.39, 0.29) is 24.9 Å². The number of benzene rings is 1. The van der Waals surface area contributed by atoms with Gasteiger partial charge in [0.2, 0.25) is 11.8 Å². The number of para-hydroxylation sites is 1. The molecule has 1 amide bonds. The lowest BCUT2D eigenvalue weighted by atomic mass is 10.2. The van der Waals surface area contributed by atoms with Crippen molar-refractivity contribution in [3.63, 3.8) is 0 Å². The molecule has 0 aliphatic heterocycles. The van der Waals surface area contributed by atoms with Crippen LogP contribution in [-0.2, 0) is 11.3 Å². The molecular weight excluding hydrogens is 347 g/mol. The fraction of sp³-hybridized carbons (Fsp3) is 0.333. The van der Waals surface area contributed by atoms with E-state index in [1.807, 2.05) is 42.2 Å². The molecule has 8 heteroatoms. The van der Waals surface area contributed by atoms with Crippen molar-refractivity contribution in [3.05, 3.63) is 54.2 Å². The first-order valence-corrected chi connectivity index (χ1v) is 8.08. The van der Waals surface area contributed by atoms with Gasteiger partial charge in [-0.05, 0) is 30.7 Å². The number of amides is 1. The first-order valence-electron chi connectivity index (χ1n) is 8.08. The lowest BCUT2D eigenvalue weighted by molar-refractivity contribution is -0.154. The number of carbonyl (C=O) groups excluding carboxylic acids is 1. The number of likely N-dealkylation sites (N-methyl/N-ethyl adjacent to an activating group) is 1. The molecule has 0 saturated heterocycles. The average Bonchev–Trinajstić information content (AvgIpc) is 2.63. The van der Waals surface area contributed by atoms with Crippen LogP contribution < -0.4 is 15.0 Å². The molecule has 0 radical (unpaired) electrons.